The van der Waals surface area contributed by atoms with Crippen LogP contribution in [-0.4, -0.2) is 29.0 Å². The van der Waals surface area contributed by atoms with Gasteiger partial charge in [0, 0.05) is 24.2 Å². The van der Waals surface area contributed by atoms with E-state index in [4.69, 9.17) is 5.73 Å². The van der Waals surface area contributed by atoms with Crippen LogP contribution in [0.25, 0.3) is 0 Å². The van der Waals surface area contributed by atoms with Crippen LogP contribution >= 0.6 is 11.3 Å². The van der Waals surface area contributed by atoms with Crippen LogP contribution in [-0.2, 0) is 0 Å². The fourth-order valence-corrected chi connectivity index (χ4v) is 3.31. The van der Waals surface area contributed by atoms with Gasteiger partial charge in [-0.15, -0.1) is 11.3 Å². The molecule has 1 fully saturated rings. The van der Waals surface area contributed by atoms with Gasteiger partial charge in [-0.2, -0.15) is 0 Å². The first-order valence-electron chi connectivity index (χ1n) is 6.07. The van der Waals surface area contributed by atoms with Gasteiger partial charge in [0.25, 0.3) is 0 Å². The number of nitrogens with two attached hydrogens (primary N) is 1. The van der Waals surface area contributed by atoms with E-state index in [1.54, 1.807) is 11.3 Å². The molecule has 16 heavy (non-hydrogen) atoms. The molecule has 0 amide bonds. The Kier molecular flexibility index (Phi) is 3.95. The molecule has 3 unspecified atom stereocenters. The van der Waals surface area contributed by atoms with E-state index < -0.39 is 0 Å². The second-order valence-corrected chi connectivity index (χ2v) is 5.73. The minimum absolute atomic E-state index is 0.418. The van der Waals surface area contributed by atoms with Crippen LogP contribution in [0.15, 0.2) is 11.6 Å². The normalized spacial score (nSPS) is 29.2. The first-order valence-corrected chi connectivity index (χ1v) is 6.95. The average Bonchev–Trinajstić information content (AvgIpc) is 2.81. The number of thiazole rings is 1. The van der Waals surface area contributed by atoms with Gasteiger partial charge in [0.2, 0.25) is 0 Å². The predicted octanol–water partition coefficient (Wildman–Crippen LogP) is 2.26. The zero-order valence-corrected chi connectivity index (χ0v) is 10.9. The summed E-state index contributed by atoms with van der Waals surface area (Å²) in [5.74, 6) is 0.813. The Morgan fingerprint density at radius 3 is 3.12 bits per heavy atom. The van der Waals surface area contributed by atoms with Crippen molar-refractivity contribution in [1.29, 1.82) is 0 Å². The topological polar surface area (TPSA) is 42.2 Å². The molecule has 0 saturated carbocycles. The molecular formula is C12H21N3S. The summed E-state index contributed by atoms with van der Waals surface area (Å²) in [6.45, 7) is 6.50. The van der Waals surface area contributed by atoms with Crippen molar-refractivity contribution < 1.29 is 0 Å². The molecule has 1 aliphatic rings. The van der Waals surface area contributed by atoms with Crippen LogP contribution in [0.1, 0.15) is 37.7 Å². The summed E-state index contributed by atoms with van der Waals surface area (Å²) < 4.78 is 0. The quantitative estimate of drug-likeness (QED) is 0.880. The lowest BCUT2D eigenvalue weighted by atomic mass is 9.91. The second kappa shape index (κ2) is 5.25. The van der Waals surface area contributed by atoms with Crippen LogP contribution in [0.2, 0.25) is 0 Å². The molecule has 3 nitrogen and oxygen atoms in total. The Bertz CT molecular complexity index is 312. The van der Waals surface area contributed by atoms with E-state index in [-0.39, 0.29) is 0 Å². The zero-order chi connectivity index (χ0) is 11.5. The number of rotatable bonds is 3. The van der Waals surface area contributed by atoms with Crippen LogP contribution in [0.4, 0.5) is 0 Å². The summed E-state index contributed by atoms with van der Waals surface area (Å²) in [6, 6.07) is 0.948. The monoisotopic (exact) mass is 239 g/mol. The highest BCUT2D eigenvalue weighted by atomic mass is 32.1. The zero-order valence-electron chi connectivity index (χ0n) is 10.1. The molecule has 1 aromatic rings. The fraction of sp³-hybridized carbons (Fsp3) is 0.750. The number of piperidine rings is 1. The Morgan fingerprint density at radius 2 is 2.50 bits per heavy atom. The van der Waals surface area contributed by atoms with Crippen molar-refractivity contribution >= 4 is 11.3 Å². The van der Waals surface area contributed by atoms with E-state index in [9.17, 15) is 0 Å². The summed E-state index contributed by atoms with van der Waals surface area (Å²) in [6.07, 6.45) is 4.40. The van der Waals surface area contributed by atoms with Crippen LogP contribution in [0.3, 0.4) is 0 Å². The van der Waals surface area contributed by atoms with E-state index >= 15 is 0 Å². The van der Waals surface area contributed by atoms with E-state index in [0.29, 0.717) is 12.1 Å². The molecule has 0 aliphatic carbocycles. The second-order valence-electron chi connectivity index (χ2n) is 4.80. The molecule has 4 heteroatoms. The summed E-state index contributed by atoms with van der Waals surface area (Å²) in [7, 11) is 0. The van der Waals surface area contributed by atoms with Gasteiger partial charge in [-0.3, -0.25) is 4.90 Å². The Hall–Kier alpha value is -0.450. The molecular weight excluding hydrogens is 218 g/mol. The van der Waals surface area contributed by atoms with Crippen LogP contribution in [0, 0.1) is 5.92 Å². The average molecular weight is 239 g/mol. The van der Waals surface area contributed by atoms with Gasteiger partial charge in [-0.1, -0.05) is 6.92 Å². The molecule has 2 N–H and O–H groups in total. The lowest BCUT2D eigenvalue weighted by Gasteiger charge is -2.41. The molecule has 1 aliphatic heterocycles. The van der Waals surface area contributed by atoms with Gasteiger partial charge in [-0.25, -0.2) is 4.98 Å². The van der Waals surface area contributed by atoms with Crippen molar-refractivity contribution in [3.63, 3.8) is 0 Å². The maximum absolute atomic E-state index is 5.89. The van der Waals surface area contributed by atoms with Crippen molar-refractivity contribution in [2.24, 2.45) is 11.7 Å². The molecule has 3 atom stereocenters. The highest BCUT2D eigenvalue weighted by molar-refractivity contribution is 7.09. The maximum atomic E-state index is 5.89. The van der Waals surface area contributed by atoms with Gasteiger partial charge in [0.1, 0.15) is 5.01 Å². The molecule has 0 bridgehead atoms. The molecule has 0 aromatic carbocycles. The lowest BCUT2D eigenvalue weighted by Crippen LogP contribution is -2.47. The van der Waals surface area contributed by atoms with E-state index in [0.717, 1.165) is 19.0 Å². The SMILES string of the molecule is CC1CCN(C(C)c2nccs2)C(CN)C1. The van der Waals surface area contributed by atoms with Gasteiger partial charge in [-0.05, 0) is 32.2 Å². The smallest absolute Gasteiger partial charge is 0.109 e. The molecule has 1 aromatic heterocycles. The minimum Gasteiger partial charge on any atom is -0.329 e. The van der Waals surface area contributed by atoms with Gasteiger partial charge in [0.15, 0.2) is 0 Å². The number of hydrogen-bond acceptors (Lipinski definition) is 4. The fourth-order valence-electron chi connectivity index (χ4n) is 2.59. The maximum Gasteiger partial charge on any atom is 0.109 e. The third kappa shape index (κ3) is 2.44. The highest BCUT2D eigenvalue weighted by Crippen LogP contribution is 2.30. The molecule has 1 saturated heterocycles. The number of hydrogen-bond donors (Lipinski definition) is 1. The van der Waals surface area contributed by atoms with Gasteiger partial charge in [0.05, 0.1) is 6.04 Å². The van der Waals surface area contributed by atoms with Crippen molar-refractivity contribution in [3.8, 4) is 0 Å². The summed E-state index contributed by atoms with van der Waals surface area (Å²) in [5.41, 5.74) is 5.89. The lowest BCUT2D eigenvalue weighted by molar-refractivity contribution is 0.0833. The third-order valence-electron chi connectivity index (χ3n) is 3.60. The van der Waals surface area contributed by atoms with E-state index in [1.807, 2.05) is 6.20 Å². The third-order valence-corrected chi connectivity index (χ3v) is 4.55. The van der Waals surface area contributed by atoms with Gasteiger partial charge < -0.3 is 5.73 Å². The van der Waals surface area contributed by atoms with Crippen LogP contribution in [0.5, 0.6) is 0 Å². The minimum atomic E-state index is 0.418. The largest absolute Gasteiger partial charge is 0.329 e. The Balaban J connectivity index is 2.07. The summed E-state index contributed by atoms with van der Waals surface area (Å²) in [5, 5.41) is 3.27. The molecule has 2 rings (SSSR count). The first kappa shape index (κ1) is 12.0. The summed E-state index contributed by atoms with van der Waals surface area (Å²) in [4.78, 5) is 6.94. The van der Waals surface area contributed by atoms with E-state index in [2.05, 4.69) is 29.1 Å². The Morgan fingerprint density at radius 1 is 1.69 bits per heavy atom. The number of nitrogens with zero attached hydrogens (tertiary/aromatic N) is 2. The van der Waals surface area contributed by atoms with Crippen molar-refractivity contribution in [2.45, 2.75) is 38.8 Å². The van der Waals surface area contributed by atoms with Crippen molar-refractivity contribution in [1.82, 2.24) is 9.88 Å². The molecule has 2 heterocycles. The van der Waals surface area contributed by atoms with E-state index in [1.165, 1.54) is 17.8 Å². The first-order chi connectivity index (χ1) is 7.72. The predicted molar refractivity (Wildman–Crippen MR) is 68.5 cm³/mol. The highest BCUT2D eigenvalue weighted by Gasteiger charge is 2.30. The van der Waals surface area contributed by atoms with Gasteiger partial charge >= 0.3 is 0 Å². The number of likely N-dealkylation sites (tertiary alicyclic amines) is 1. The standard InChI is InChI=1S/C12H21N3S/c1-9-3-5-15(11(7-9)8-13)10(2)12-14-4-6-16-12/h4,6,9-11H,3,5,7-8,13H2,1-2H3. The summed E-state index contributed by atoms with van der Waals surface area (Å²) >= 11 is 1.74. The number of aromatic nitrogens is 1. The molecule has 0 radical (unpaired) electrons. The molecule has 0 spiro atoms. The van der Waals surface area contributed by atoms with Crippen LogP contribution < -0.4 is 5.73 Å². The Labute approximate surface area is 102 Å². The van der Waals surface area contributed by atoms with Crippen molar-refractivity contribution in [2.75, 3.05) is 13.1 Å². The van der Waals surface area contributed by atoms with Crippen molar-refractivity contribution in [3.05, 3.63) is 16.6 Å². The molecule has 90 valence electrons.